The van der Waals surface area contributed by atoms with Crippen molar-refractivity contribution in [2.75, 3.05) is 0 Å². The van der Waals surface area contributed by atoms with E-state index in [0.717, 1.165) is 5.56 Å². The number of hydrogen-bond acceptors (Lipinski definition) is 7. The zero-order valence-corrected chi connectivity index (χ0v) is 14.2. The van der Waals surface area contributed by atoms with Crippen molar-refractivity contribution in [1.29, 1.82) is 0 Å². The Kier molecular flexibility index (Phi) is 3.88. The van der Waals surface area contributed by atoms with Crippen molar-refractivity contribution in [3.63, 3.8) is 0 Å². The molecule has 26 heavy (non-hydrogen) atoms. The second kappa shape index (κ2) is 6.36. The smallest absolute Gasteiger partial charge is 0.258 e. The minimum atomic E-state index is -0.203. The van der Waals surface area contributed by atoms with E-state index in [0.29, 0.717) is 34.4 Å². The van der Waals surface area contributed by atoms with Crippen molar-refractivity contribution in [2.45, 2.75) is 20.4 Å². The monoisotopic (exact) mass is 349 g/mol. The average molecular weight is 349 g/mol. The zero-order valence-electron chi connectivity index (χ0n) is 14.2. The quantitative estimate of drug-likeness (QED) is 0.597. The van der Waals surface area contributed by atoms with Gasteiger partial charge in [-0.25, -0.2) is 0 Å². The van der Waals surface area contributed by atoms with Crippen molar-refractivity contribution in [1.82, 2.24) is 35.0 Å². The molecule has 0 fully saturated rings. The molecule has 0 aromatic carbocycles. The lowest BCUT2D eigenvalue weighted by molar-refractivity contribution is 0.0948. The van der Waals surface area contributed by atoms with Crippen molar-refractivity contribution < 1.29 is 9.32 Å². The fourth-order valence-corrected chi connectivity index (χ4v) is 2.59. The van der Waals surface area contributed by atoms with Gasteiger partial charge < -0.3 is 9.84 Å². The first kappa shape index (κ1) is 15.9. The van der Waals surface area contributed by atoms with Crippen LogP contribution in [0, 0.1) is 13.8 Å². The molecule has 0 saturated carbocycles. The normalized spacial score (nSPS) is 11.0. The Morgan fingerprint density at radius 2 is 2.15 bits per heavy atom. The van der Waals surface area contributed by atoms with Gasteiger partial charge in [-0.1, -0.05) is 5.16 Å². The number of amides is 1. The third kappa shape index (κ3) is 2.90. The number of fused-ring (bicyclic) bond motifs is 1. The van der Waals surface area contributed by atoms with Gasteiger partial charge in [0.15, 0.2) is 17.3 Å². The minimum absolute atomic E-state index is 0.203. The van der Waals surface area contributed by atoms with Crippen molar-refractivity contribution >= 4 is 11.6 Å². The molecule has 0 aliphatic carbocycles. The van der Waals surface area contributed by atoms with Crippen molar-refractivity contribution in [2.24, 2.45) is 0 Å². The highest BCUT2D eigenvalue weighted by atomic mass is 16.5. The molecule has 4 aromatic heterocycles. The van der Waals surface area contributed by atoms with Gasteiger partial charge in [0.25, 0.3) is 11.8 Å². The topological polar surface area (TPSA) is 111 Å². The molecule has 0 aliphatic heterocycles. The number of carbonyl (C=O) groups excluding carboxylic acids is 1. The van der Waals surface area contributed by atoms with E-state index in [1.165, 1.54) is 0 Å². The summed E-state index contributed by atoms with van der Waals surface area (Å²) in [6.07, 6.45) is 3.46. The molecule has 0 bridgehead atoms. The van der Waals surface area contributed by atoms with E-state index in [2.05, 4.69) is 30.6 Å². The Labute approximate surface area is 148 Å². The van der Waals surface area contributed by atoms with E-state index >= 15 is 0 Å². The molecule has 130 valence electrons. The standard InChI is InChI=1S/C17H15N7O2/c1-10-13(4-3-6-18-10)16(25)19-9-15-22-21-14-8-12(5-7-24(14)15)17-20-11(2)23-26-17/h3-8H,9H2,1-2H3,(H,19,25). The van der Waals surface area contributed by atoms with Crippen LogP contribution >= 0.6 is 0 Å². The molecular weight excluding hydrogens is 334 g/mol. The maximum absolute atomic E-state index is 12.3. The van der Waals surface area contributed by atoms with E-state index < -0.39 is 0 Å². The van der Waals surface area contributed by atoms with Crippen LogP contribution in [0.15, 0.2) is 41.2 Å². The van der Waals surface area contributed by atoms with Crippen LogP contribution in [0.1, 0.15) is 27.7 Å². The van der Waals surface area contributed by atoms with Crippen LogP contribution in [0.4, 0.5) is 0 Å². The Morgan fingerprint density at radius 1 is 1.27 bits per heavy atom. The van der Waals surface area contributed by atoms with Gasteiger partial charge in [0.05, 0.1) is 12.1 Å². The summed E-state index contributed by atoms with van der Waals surface area (Å²) in [6, 6.07) is 7.10. The Morgan fingerprint density at radius 3 is 2.92 bits per heavy atom. The average Bonchev–Trinajstić information content (AvgIpc) is 3.25. The number of aryl methyl sites for hydroxylation is 2. The molecule has 0 aliphatic rings. The van der Waals surface area contributed by atoms with Crippen LogP contribution in [-0.4, -0.2) is 35.6 Å². The maximum atomic E-state index is 12.3. The molecule has 9 heteroatoms. The molecule has 1 N–H and O–H groups in total. The highest BCUT2D eigenvalue weighted by molar-refractivity contribution is 5.95. The molecule has 1 amide bonds. The summed E-state index contributed by atoms with van der Waals surface area (Å²) in [6.45, 7) is 3.79. The van der Waals surface area contributed by atoms with Crippen LogP contribution in [-0.2, 0) is 6.54 Å². The maximum Gasteiger partial charge on any atom is 0.258 e. The third-order valence-corrected chi connectivity index (χ3v) is 3.91. The molecule has 4 heterocycles. The summed E-state index contributed by atoms with van der Waals surface area (Å²) in [5, 5.41) is 14.9. The number of nitrogens with one attached hydrogen (secondary N) is 1. The van der Waals surface area contributed by atoms with Gasteiger partial charge in [-0.3, -0.25) is 14.2 Å². The van der Waals surface area contributed by atoms with Gasteiger partial charge in [-0.05, 0) is 38.1 Å². The van der Waals surface area contributed by atoms with E-state index in [1.54, 1.807) is 48.8 Å². The summed E-state index contributed by atoms with van der Waals surface area (Å²) < 4.78 is 6.96. The second-order valence-corrected chi connectivity index (χ2v) is 5.73. The molecule has 9 nitrogen and oxygen atoms in total. The SMILES string of the molecule is Cc1noc(-c2ccn3c(CNC(=O)c4cccnc4C)nnc3c2)n1. The largest absolute Gasteiger partial charge is 0.345 e. The van der Waals surface area contributed by atoms with E-state index in [9.17, 15) is 4.79 Å². The predicted molar refractivity (Wildman–Crippen MR) is 91.2 cm³/mol. The first-order valence-corrected chi connectivity index (χ1v) is 7.96. The lowest BCUT2D eigenvalue weighted by Gasteiger charge is -2.06. The number of pyridine rings is 2. The van der Waals surface area contributed by atoms with Gasteiger partial charge in [0, 0.05) is 23.7 Å². The molecule has 0 atom stereocenters. The van der Waals surface area contributed by atoms with Gasteiger partial charge >= 0.3 is 0 Å². The van der Waals surface area contributed by atoms with Crippen molar-refractivity contribution in [3.8, 4) is 11.5 Å². The van der Waals surface area contributed by atoms with Gasteiger partial charge in [0.2, 0.25) is 0 Å². The minimum Gasteiger partial charge on any atom is -0.345 e. The number of nitrogens with zero attached hydrogens (tertiary/aromatic N) is 6. The Bertz CT molecular complexity index is 1100. The van der Waals surface area contributed by atoms with Gasteiger partial charge in [0.1, 0.15) is 0 Å². The first-order chi connectivity index (χ1) is 12.6. The highest BCUT2D eigenvalue weighted by Gasteiger charge is 2.13. The van der Waals surface area contributed by atoms with Crippen LogP contribution in [0.25, 0.3) is 17.1 Å². The number of hydrogen-bond donors (Lipinski definition) is 1. The second-order valence-electron chi connectivity index (χ2n) is 5.73. The molecule has 4 rings (SSSR count). The highest BCUT2D eigenvalue weighted by Crippen LogP contribution is 2.18. The van der Waals surface area contributed by atoms with E-state index in [-0.39, 0.29) is 12.5 Å². The first-order valence-electron chi connectivity index (χ1n) is 7.96. The number of aromatic nitrogens is 6. The summed E-state index contributed by atoms with van der Waals surface area (Å²) in [5.74, 6) is 1.40. The molecule has 0 unspecified atom stereocenters. The van der Waals surface area contributed by atoms with Crippen molar-refractivity contribution in [3.05, 3.63) is 59.6 Å². The summed E-state index contributed by atoms with van der Waals surface area (Å²) in [5.41, 5.74) is 2.60. The van der Waals surface area contributed by atoms with Crippen LogP contribution < -0.4 is 5.32 Å². The molecule has 0 radical (unpaired) electrons. The van der Waals surface area contributed by atoms with Crippen LogP contribution in [0.5, 0.6) is 0 Å². The number of carbonyl (C=O) groups is 1. The Hall–Kier alpha value is -3.62. The third-order valence-electron chi connectivity index (χ3n) is 3.91. The number of rotatable bonds is 4. The summed E-state index contributed by atoms with van der Waals surface area (Å²) in [4.78, 5) is 20.6. The predicted octanol–water partition coefficient (Wildman–Crippen LogP) is 1.72. The molecule has 0 saturated heterocycles. The lowest BCUT2D eigenvalue weighted by atomic mass is 10.2. The summed E-state index contributed by atoms with van der Waals surface area (Å²) in [7, 11) is 0. The fourth-order valence-electron chi connectivity index (χ4n) is 2.59. The van der Waals surface area contributed by atoms with Gasteiger partial charge in [-0.15, -0.1) is 10.2 Å². The lowest BCUT2D eigenvalue weighted by Crippen LogP contribution is -2.25. The summed E-state index contributed by atoms with van der Waals surface area (Å²) >= 11 is 0. The molecule has 0 spiro atoms. The zero-order chi connectivity index (χ0) is 18.1. The fraction of sp³-hybridized carbons (Fsp3) is 0.176. The van der Waals surface area contributed by atoms with Crippen LogP contribution in [0.3, 0.4) is 0 Å². The van der Waals surface area contributed by atoms with E-state index in [4.69, 9.17) is 4.52 Å². The Balaban J connectivity index is 1.54. The van der Waals surface area contributed by atoms with Gasteiger partial charge in [-0.2, -0.15) is 4.98 Å². The molecular formula is C17H15N7O2. The molecule has 4 aromatic rings. The van der Waals surface area contributed by atoms with Crippen LogP contribution in [0.2, 0.25) is 0 Å². The van der Waals surface area contributed by atoms with E-state index in [1.807, 2.05) is 6.07 Å².